The van der Waals surface area contributed by atoms with Gasteiger partial charge in [0.05, 0.1) is 15.2 Å². The molecule has 3 nitrogen and oxygen atoms in total. The summed E-state index contributed by atoms with van der Waals surface area (Å²) in [4.78, 5) is 19.4. The number of thiazole rings is 1. The topological polar surface area (TPSA) is 33.2 Å². The third-order valence-corrected chi connectivity index (χ3v) is 7.34. The monoisotopic (exact) mass is 326 g/mol. The van der Waals surface area contributed by atoms with Crippen LogP contribution in [0.1, 0.15) is 37.1 Å². The van der Waals surface area contributed by atoms with Crippen LogP contribution in [0.5, 0.6) is 0 Å². The smallest absolute Gasteiger partial charge is 0.222 e. The lowest BCUT2D eigenvalue weighted by Crippen LogP contribution is -2.60. The van der Waals surface area contributed by atoms with E-state index in [1.54, 1.807) is 11.3 Å². The van der Waals surface area contributed by atoms with Gasteiger partial charge in [-0.1, -0.05) is 12.1 Å². The van der Waals surface area contributed by atoms with Crippen molar-refractivity contribution >= 4 is 27.5 Å². The summed E-state index contributed by atoms with van der Waals surface area (Å²) in [6.45, 7) is 1.05. The van der Waals surface area contributed by atoms with Crippen molar-refractivity contribution in [3.05, 3.63) is 29.3 Å². The van der Waals surface area contributed by atoms with Crippen molar-refractivity contribution in [3.63, 3.8) is 0 Å². The summed E-state index contributed by atoms with van der Waals surface area (Å²) in [5.41, 5.74) is 1.09. The number of benzene rings is 1. The average molecular weight is 326 g/mol. The molecule has 0 N–H and O–H groups in total. The third kappa shape index (κ3) is 2.22. The largest absolute Gasteiger partial charge is 0.339 e. The Balaban J connectivity index is 1.16. The summed E-state index contributed by atoms with van der Waals surface area (Å²) >= 11 is 1.77. The normalized spacial score (nSPS) is 31.4. The number of aromatic nitrogens is 1. The summed E-state index contributed by atoms with van der Waals surface area (Å²) in [5.74, 6) is 3.01. The standard InChI is InChI=1S/C19H22N2OS/c22-18(21-11-14-12-8-9-13(10-12)19(14)21)7-3-6-17-20-15-4-1-2-5-16(15)23-17/h1-2,4-5,12-14,19H,3,6-11H2. The van der Waals surface area contributed by atoms with E-state index in [1.807, 2.05) is 6.07 Å². The summed E-state index contributed by atoms with van der Waals surface area (Å²) < 4.78 is 1.25. The molecule has 3 fully saturated rings. The van der Waals surface area contributed by atoms with Crippen LogP contribution in [0.25, 0.3) is 10.2 Å². The van der Waals surface area contributed by atoms with Gasteiger partial charge < -0.3 is 4.90 Å². The van der Waals surface area contributed by atoms with Crippen molar-refractivity contribution in [2.24, 2.45) is 17.8 Å². The highest BCUT2D eigenvalue weighted by Gasteiger charge is 2.57. The second kappa shape index (κ2) is 5.30. The van der Waals surface area contributed by atoms with Crippen LogP contribution in [0.3, 0.4) is 0 Å². The predicted molar refractivity (Wildman–Crippen MR) is 92.4 cm³/mol. The molecule has 2 aliphatic carbocycles. The van der Waals surface area contributed by atoms with Crippen LogP contribution < -0.4 is 0 Å². The molecular formula is C19H22N2OS. The van der Waals surface area contributed by atoms with Gasteiger partial charge in [-0.3, -0.25) is 4.79 Å². The Morgan fingerprint density at radius 1 is 1.26 bits per heavy atom. The van der Waals surface area contributed by atoms with Crippen molar-refractivity contribution in [2.75, 3.05) is 6.54 Å². The molecule has 23 heavy (non-hydrogen) atoms. The van der Waals surface area contributed by atoms with Crippen LogP contribution in [0, 0.1) is 17.8 Å². The van der Waals surface area contributed by atoms with Crippen LogP contribution in [0.15, 0.2) is 24.3 Å². The van der Waals surface area contributed by atoms with E-state index in [0.29, 0.717) is 18.4 Å². The highest BCUT2D eigenvalue weighted by Crippen LogP contribution is 2.55. The van der Waals surface area contributed by atoms with Crippen LogP contribution >= 0.6 is 11.3 Å². The fourth-order valence-electron chi connectivity index (χ4n) is 5.16. The molecule has 4 unspecified atom stereocenters. The van der Waals surface area contributed by atoms with E-state index in [4.69, 9.17) is 0 Å². The Kier molecular flexibility index (Phi) is 3.22. The van der Waals surface area contributed by atoms with Crippen molar-refractivity contribution in [3.8, 4) is 0 Å². The molecule has 2 saturated carbocycles. The molecule has 1 saturated heterocycles. The number of carbonyl (C=O) groups excluding carboxylic acids is 1. The molecule has 4 atom stereocenters. The van der Waals surface area contributed by atoms with Gasteiger partial charge in [-0.15, -0.1) is 11.3 Å². The Bertz CT molecular complexity index is 720. The van der Waals surface area contributed by atoms with Gasteiger partial charge in [-0.05, 0) is 56.1 Å². The Morgan fingerprint density at radius 2 is 2.13 bits per heavy atom. The first-order valence-electron chi connectivity index (χ1n) is 8.93. The number of para-hydroxylation sites is 1. The molecule has 1 aromatic heterocycles. The van der Waals surface area contributed by atoms with E-state index < -0.39 is 0 Å². The van der Waals surface area contributed by atoms with E-state index in [1.165, 1.54) is 29.0 Å². The van der Waals surface area contributed by atoms with Gasteiger partial charge in [0.25, 0.3) is 0 Å². The number of fused-ring (bicyclic) bond motifs is 6. The lowest BCUT2D eigenvalue weighted by Gasteiger charge is -2.50. The third-order valence-electron chi connectivity index (χ3n) is 6.25. The second-order valence-corrected chi connectivity index (χ2v) is 8.58. The van der Waals surface area contributed by atoms with Crippen molar-refractivity contribution in [1.82, 2.24) is 9.88 Å². The molecule has 1 aromatic carbocycles. The second-order valence-electron chi connectivity index (χ2n) is 7.46. The van der Waals surface area contributed by atoms with Gasteiger partial charge in [-0.2, -0.15) is 0 Å². The molecule has 4 heteroatoms. The van der Waals surface area contributed by atoms with Crippen molar-refractivity contribution < 1.29 is 4.79 Å². The van der Waals surface area contributed by atoms with E-state index in [0.717, 1.165) is 42.7 Å². The highest BCUT2D eigenvalue weighted by molar-refractivity contribution is 7.18. The molecule has 1 amide bonds. The van der Waals surface area contributed by atoms with Crippen molar-refractivity contribution in [2.45, 2.75) is 44.6 Å². The summed E-state index contributed by atoms with van der Waals surface area (Å²) in [6, 6.07) is 8.89. The van der Waals surface area contributed by atoms with Gasteiger partial charge >= 0.3 is 0 Å². The maximum Gasteiger partial charge on any atom is 0.222 e. The lowest BCUT2D eigenvalue weighted by molar-refractivity contribution is -0.147. The molecule has 5 rings (SSSR count). The predicted octanol–water partition coefficient (Wildman–Crippen LogP) is 3.88. The summed E-state index contributed by atoms with van der Waals surface area (Å²) in [7, 11) is 0. The minimum absolute atomic E-state index is 0.389. The van der Waals surface area contributed by atoms with Crippen LogP contribution in [-0.4, -0.2) is 28.4 Å². The van der Waals surface area contributed by atoms with Crippen LogP contribution in [-0.2, 0) is 11.2 Å². The maximum absolute atomic E-state index is 12.5. The first-order valence-corrected chi connectivity index (χ1v) is 9.75. The fraction of sp³-hybridized carbons (Fsp3) is 0.579. The van der Waals surface area contributed by atoms with Gasteiger partial charge in [0, 0.05) is 24.9 Å². The van der Waals surface area contributed by atoms with Gasteiger partial charge in [0.15, 0.2) is 0 Å². The lowest BCUT2D eigenvalue weighted by atomic mass is 9.76. The molecule has 0 spiro atoms. The SMILES string of the molecule is O=C(CCCc1nc2ccccc2s1)N1CC2C3CCC(C3)C21. The molecule has 120 valence electrons. The van der Waals surface area contributed by atoms with Crippen LogP contribution in [0.2, 0.25) is 0 Å². The highest BCUT2D eigenvalue weighted by atomic mass is 32.1. The minimum atomic E-state index is 0.389. The molecule has 2 heterocycles. The molecule has 3 aliphatic rings. The fourth-order valence-corrected chi connectivity index (χ4v) is 6.17. The summed E-state index contributed by atoms with van der Waals surface area (Å²) in [5, 5.41) is 1.17. The van der Waals surface area contributed by atoms with Gasteiger partial charge in [-0.25, -0.2) is 4.98 Å². The summed E-state index contributed by atoms with van der Waals surface area (Å²) in [6.07, 6.45) is 6.73. The average Bonchev–Trinajstić information content (AvgIpc) is 3.18. The number of aryl methyl sites for hydroxylation is 1. The zero-order chi connectivity index (χ0) is 15.4. The molecule has 0 radical (unpaired) electrons. The number of hydrogen-bond donors (Lipinski definition) is 0. The minimum Gasteiger partial charge on any atom is -0.339 e. The van der Waals surface area contributed by atoms with Crippen molar-refractivity contribution in [1.29, 1.82) is 0 Å². The number of rotatable bonds is 4. The van der Waals surface area contributed by atoms with E-state index in [9.17, 15) is 4.79 Å². The molecular weight excluding hydrogens is 304 g/mol. The van der Waals surface area contributed by atoms with Gasteiger partial charge in [0.2, 0.25) is 5.91 Å². The molecule has 1 aliphatic heterocycles. The number of hydrogen-bond acceptors (Lipinski definition) is 3. The Morgan fingerprint density at radius 3 is 3.00 bits per heavy atom. The molecule has 2 aromatic rings. The zero-order valence-corrected chi connectivity index (χ0v) is 14.1. The number of likely N-dealkylation sites (tertiary alicyclic amines) is 1. The number of carbonyl (C=O) groups is 1. The van der Waals surface area contributed by atoms with E-state index in [-0.39, 0.29) is 0 Å². The Hall–Kier alpha value is -1.42. The quantitative estimate of drug-likeness (QED) is 0.854. The van der Waals surface area contributed by atoms with Gasteiger partial charge in [0.1, 0.15) is 0 Å². The van der Waals surface area contributed by atoms with E-state index in [2.05, 4.69) is 28.1 Å². The van der Waals surface area contributed by atoms with Crippen LogP contribution in [0.4, 0.5) is 0 Å². The Labute approximate surface area is 140 Å². The number of nitrogens with zero attached hydrogens (tertiary/aromatic N) is 2. The van der Waals surface area contributed by atoms with E-state index >= 15 is 0 Å². The zero-order valence-electron chi connectivity index (χ0n) is 13.3. The first kappa shape index (κ1) is 14.0. The maximum atomic E-state index is 12.5. The first-order chi connectivity index (χ1) is 11.3. The number of amides is 1. The molecule has 2 bridgehead atoms.